The van der Waals surface area contributed by atoms with Crippen LogP contribution in [0, 0.1) is 5.92 Å². The number of para-hydroxylation sites is 1. The molecule has 7 heteroatoms. The number of halogens is 3. The van der Waals surface area contributed by atoms with Crippen LogP contribution in [0.15, 0.2) is 41.6 Å². The first kappa shape index (κ1) is 26.7. The van der Waals surface area contributed by atoms with E-state index >= 15 is 0 Å². The molecule has 1 aromatic rings. The van der Waals surface area contributed by atoms with Crippen molar-refractivity contribution in [2.45, 2.75) is 46.0 Å². The Hall–Kier alpha value is -1.36. The zero-order valence-electron chi connectivity index (χ0n) is 18.5. The average Bonchev–Trinajstić information content (AvgIpc) is 2.74. The maximum absolute atomic E-state index is 10.2. The molecule has 0 aromatic heterocycles. The molecule has 0 spiro atoms. The molecule has 3 rings (SSSR count). The van der Waals surface area contributed by atoms with Gasteiger partial charge in [0.15, 0.2) is 5.75 Å². The summed E-state index contributed by atoms with van der Waals surface area (Å²) in [4.78, 5) is 14.0. The average molecular weight is 476 g/mol. The van der Waals surface area contributed by atoms with Crippen LogP contribution in [-0.2, 0) is 4.79 Å². The van der Waals surface area contributed by atoms with E-state index in [0.29, 0.717) is 22.4 Å². The number of ether oxygens (including phenoxy) is 1. The summed E-state index contributed by atoms with van der Waals surface area (Å²) in [6.45, 7) is 10.6. The van der Waals surface area contributed by atoms with Crippen molar-refractivity contribution in [2.75, 3.05) is 26.7 Å². The van der Waals surface area contributed by atoms with Crippen molar-refractivity contribution in [1.29, 1.82) is 0 Å². The lowest BCUT2D eigenvalue weighted by atomic mass is 10.00. The van der Waals surface area contributed by atoms with Crippen LogP contribution < -0.4 is 4.74 Å². The molecule has 4 nitrogen and oxygen atoms in total. The SMILES string of the molecule is CC.CC1=CC(COc2c(Cl)cccc2Cl)=CN(C)C1Cl.CC1CCN(C=O)CC1. The van der Waals surface area contributed by atoms with Gasteiger partial charge in [-0.1, -0.05) is 67.7 Å². The molecule has 1 fully saturated rings. The van der Waals surface area contributed by atoms with Crippen LogP contribution in [0.4, 0.5) is 0 Å². The molecule has 1 amide bonds. The fourth-order valence-corrected chi connectivity index (χ4v) is 3.66. The van der Waals surface area contributed by atoms with E-state index in [1.54, 1.807) is 18.2 Å². The van der Waals surface area contributed by atoms with Gasteiger partial charge in [0.2, 0.25) is 6.41 Å². The number of carbonyl (C=O) groups is 1. The monoisotopic (exact) mass is 474 g/mol. The Balaban J connectivity index is 0.000000342. The number of likely N-dealkylation sites (tertiary alicyclic amines) is 1. The molecular formula is C23H33Cl3N2O2. The predicted molar refractivity (Wildman–Crippen MR) is 129 cm³/mol. The third-order valence-corrected chi connectivity index (χ3v) is 6.03. The van der Waals surface area contributed by atoms with Crippen molar-refractivity contribution in [3.8, 4) is 5.75 Å². The van der Waals surface area contributed by atoms with Crippen molar-refractivity contribution in [2.24, 2.45) is 5.92 Å². The molecule has 1 aromatic carbocycles. The smallest absolute Gasteiger partial charge is 0.209 e. The first-order valence-electron chi connectivity index (χ1n) is 10.3. The molecular weight excluding hydrogens is 443 g/mol. The quantitative estimate of drug-likeness (QED) is 0.279. The fraction of sp³-hybridized carbons (Fsp3) is 0.522. The molecule has 168 valence electrons. The Labute approximate surface area is 196 Å². The highest BCUT2D eigenvalue weighted by molar-refractivity contribution is 6.37. The first-order valence-corrected chi connectivity index (χ1v) is 11.5. The summed E-state index contributed by atoms with van der Waals surface area (Å²) in [6, 6.07) is 5.29. The molecule has 0 bridgehead atoms. The zero-order valence-corrected chi connectivity index (χ0v) is 20.8. The van der Waals surface area contributed by atoms with Gasteiger partial charge < -0.3 is 14.5 Å². The van der Waals surface area contributed by atoms with Crippen LogP contribution >= 0.6 is 34.8 Å². The lowest BCUT2D eigenvalue weighted by Crippen LogP contribution is -2.31. The van der Waals surface area contributed by atoms with Gasteiger partial charge in [0.1, 0.15) is 12.1 Å². The molecule has 1 unspecified atom stereocenters. The van der Waals surface area contributed by atoms with E-state index in [0.717, 1.165) is 36.6 Å². The number of carbonyl (C=O) groups excluding carboxylic acids is 1. The number of alkyl halides is 1. The summed E-state index contributed by atoms with van der Waals surface area (Å²) in [6.07, 6.45) is 7.28. The van der Waals surface area contributed by atoms with E-state index in [-0.39, 0.29) is 5.50 Å². The summed E-state index contributed by atoms with van der Waals surface area (Å²) in [7, 11) is 1.93. The molecule has 30 heavy (non-hydrogen) atoms. The minimum Gasteiger partial charge on any atom is -0.486 e. The Morgan fingerprint density at radius 2 is 1.73 bits per heavy atom. The van der Waals surface area contributed by atoms with Gasteiger partial charge in [-0.05, 0) is 43.4 Å². The van der Waals surface area contributed by atoms with Crippen molar-refractivity contribution in [3.63, 3.8) is 0 Å². The predicted octanol–water partition coefficient (Wildman–Crippen LogP) is 6.61. The van der Waals surface area contributed by atoms with E-state index in [1.165, 1.54) is 12.8 Å². The minimum atomic E-state index is -0.104. The summed E-state index contributed by atoms with van der Waals surface area (Å²) >= 11 is 18.3. The lowest BCUT2D eigenvalue weighted by Gasteiger charge is -2.27. The summed E-state index contributed by atoms with van der Waals surface area (Å²) in [5.41, 5.74) is 2.00. The lowest BCUT2D eigenvalue weighted by molar-refractivity contribution is -0.119. The number of amides is 1. The minimum absolute atomic E-state index is 0.104. The third kappa shape index (κ3) is 8.41. The van der Waals surface area contributed by atoms with Gasteiger partial charge in [-0.25, -0.2) is 0 Å². The highest BCUT2D eigenvalue weighted by Crippen LogP contribution is 2.33. The molecule has 0 N–H and O–H groups in total. The number of rotatable bonds is 4. The van der Waals surface area contributed by atoms with Crippen molar-refractivity contribution in [1.82, 2.24) is 9.80 Å². The molecule has 1 atom stereocenters. The first-order chi connectivity index (χ1) is 14.3. The van der Waals surface area contributed by atoms with E-state index in [1.807, 2.05) is 49.9 Å². The van der Waals surface area contributed by atoms with Crippen LogP contribution in [-0.4, -0.2) is 48.5 Å². The number of likely N-dealkylation sites (N-methyl/N-ethyl adjacent to an activating group) is 1. The number of hydrogen-bond acceptors (Lipinski definition) is 3. The maximum atomic E-state index is 10.2. The fourth-order valence-electron chi connectivity index (χ4n) is 3.04. The molecule has 2 aliphatic heterocycles. The Morgan fingerprint density at radius 1 is 1.17 bits per heavy atom. The third-order valence-electron chi connectivity index (χ3n) is 4.79. The Kier molecular flexibility index (Phi) is 12.3. The van der Waals surface area contributed by atoms with Crippen LogP contribution in [0.2, 0.25) is 10.0 Å². The van der Waals surface area contributed by atoms with Gasteiger partial charge in [0, 0.05) is 31.9 Å². The van der Waals surface area contributed by atoms with Crippen molar-refractivity contribution >= 4 is 41.2 Å². The van der Waals surface area contributed by atoms with E-state index in [9.17, 15) is 4.79 Å². The van der Waals surface area contributed by atoms with Crippen LogP contribution in [0.3, 0.4) is 0 Å². The van der Waals surface area contributed by atoms with E-state index < -0.39 is 0 Å². The summed E-state index contributed by atoms with van der Waals surface area (Å²) in [5, 5.41) is 1.02. The Morgan fingerprint density at radius 3 is 2.23 bits per heavy atom. The van der Waals surface area contributed by atoms with E-state index in [4.69, 9.17) is 39.5 Å². The molecule has 1 saturated heterocycles. The second-order valence-corrected chi connectivity index (χ2v) is 8.48. The van der Waals surface area contributed by atoms with Gasteiger partial charge in [-0.2, -0.15) is 0 Å². The summed E-state index contributed by atoms with van der Waals surface area (Å²) in [5.74, 6) is 1.33. The number of hydrogen-bond donors (Lipinski definition) is 0. The number of nitrogens with zero attached hydrogens (tertiary/aromatic N) is 2. The van der Waals surface area contributed by atoms with Gasteiger partial charge in [0.25, 0.3) is 0 Å². The largest absolute Gasteiger partial charge is 0.486 e. The highest BCUT2D eigenvalue weighted by atomic mass is 35.5. The molecule has 2 aliphatic rings. The normalized spacial score (nSPS) is 18.9. The van der Waals surface area contributed by atoms with Crippen LogP contribution in [0.1, 0.15) is 40.5 Å². The standard InChI is InChI=1S/C14H14Cl3NO.C7H13NO.C2H6/c1-9-6-10(7-18(2)14(9)17)8-19-13-11(15)4-3-5-12(13)16;1-7-2-4-8(6-9)5-3-7;1-2/h3-7,14H,8H2,1-2H3;6-7H,2-5H2,1H3;1-2H3. The maximum Gasteiger partial charge on any atom is 0.209 e. The number of piperidine rings is 1. The van der Waals surface area contributed by atoms with Gasteiger partial charge in [-0.15, -0.1) is 0 Å². The van der Waals surface area contributed by atoms with Gasteiger partial charge in [-0.3, -0.25) is 4.79 Å². The summed E-state index contributed by atoms with van der Waals surface area (Å²) < 4.78 is 5.69. The Bertz CT molecular complexity index is 709. The van der Waals surface area contributed by atoms with Crippen molar-refractivity contribution < 1.29 is 9.53 Å². The topological polar surface area (TPSA) is 32.8 Å². The molecule has 0 radical (unpaired) electrons. The van der Waals surface area contributed by atoms with Crippen molar-refractivity contribution in [3.05, 3.63) is 51.7 Å². The molecule has 0 aliphatic carbocycles. The molecule has 0 saturated carbocycles. The van der Waals surface area contributed by atoms with Crippen LogP contribution in [0.5, 0.6) is 5.75 Å². The highest BCUT2D eigenvalue weighted by Gasteiger charge is 2.17. The van der Waals surface area contributed by atoms with Gasteiger partial charge >= 0.3 is 0 Å². The second kappa shape index (κ2) is 13.8. The number of benzene rings is 1. The molecule has 2 heterocycles. The van der Waals surface area contributed by atoms with Crippen LogP contribution in [0.25, 0.3) is 0 Å². The zero-order chi connectivity index (χ0) is 22.7. The van der Waals surface area contributed by atoms with Gasteiger partial charge in [0.05, 0.1) is 10.0 Å². The van der Waals surface area contributed by atoms with E-state index in [2.05, 4.69) is 6.92 Å². The second-order valence-electron chi connectivity index (χ2n) is 7.26.